The molecule has 4 aromatic heterocycles. The van der Waals surface area contributed by atoms with Crippen LogP contribution in [0.25, 0.3) is 51.3 Å². The lowest BCUT2D eigenvalue weighted by Crippen LogP contribution is -2.02. The molecule has 0 radical (unpaired) electrons. The molecule has 0 bridgehead atoms. The van der Waals surface area contributed by atoms with Crippen molar-refractivity contribution >= 4 is 23.1 Å². The number of rotatable bonds is 5. The van der Waals surface area contributed by atoms with Gasteiger partial charge >= 0.3 is 0 Å². The molecule has 5 rings (SSSR count). The molecule has 0 unspecified atom stereocenters. The number of hydrogen-bond donors (Lipinski definition) is 0. The molecule has 0 atom stereocenters. The first-order chi connectivity index (χ1) is 18.2. The van der Waals surface area contributed by atoms with Crippen LogP contribution >= 0.6 is 0 Å². The second-order valence-corrected chi connectivity index (χ2v) is 7.93. The summed E-state index contributed by atoms with van der Waals surface area (Å²) in [5.41, 5.74) is 8.56. The van der Waals surface area contributed by atoms with Crippen molar-refractivity contribution in [3.63, 3.8) is 0 Å². The van der Waals surface area contributed by atoms with Crippen molar-refractivity contribution in [2.24, 2.45) is 0 Å². The molecule has 0 fully saturated rings. The van der Waals surface area contributed by atoms with Gasteiger partial charge in [-0.1, -0.05) is 58.1 Å². The van der Waals surface area contributed by atoms with Crippen LogP contribution in [0.2, 0.25) is 0 Å². The van der Waals surface area contributed by atoms with E-state index in [9.17, 15) is 0 Å². The van der Waals surface area contributed by atoms with Crippen molar-refractivity contribution in [1.29, 1.82) is 0 Å². The summed E-state index contributed by atoms with van der Waals surface area (Å²) in [7, 11) is 0. The molecule has 4 heterocycles. The first kappa shape index (κ1) is 27.3. The summed E-state index contributed by atoms with van der Waals surface area (Å²) in [6.07, 6.45) is 13.3. The first-order valence-corrected chi connectivity index (χ1v) is 12.9. The van der Waals surface area contributed by atoms with Crippen molar-refractivity contribution in [2.75, 3.05) is 0 Å². The van der Waals surface area contributed by atoms with Crippen LogP contribution in [-0.4, -0.2) is 19.5 Å². The number of hydrogen-bond acceptors (Lipinski definition) is 3. The lowest BCUT2D eigenvalue weighted by atomic mass is 10.0. The fourth-order valence-electron chi connectivity index (χ4n) is 4.24. The van der Waals surface area contributed by atoms with E-state index in [4.69, 9.17) is 4.98 Å². The normalized spacial score (nSPS) is 10.4. The van der Waals surface area contributed by atoms with Crippen LogP contribution in [0.15, 0.2) is 92.0 Å². The summed E-state index contributed by atoms with van der Waals surface area (Å²) in [4.78, 5) is 13.5. The van der Waals surface area contributed by atoms with Gasteiger partial charge in [0.25, 0.3) is 0 Å². The van der Waals surface area contributed by atoms with Gasteiger partial charge in [0.1, 0.15) is 5.82 Å². The number of benzene rings is 1. The molecule has 0 spiro atoms. The predicted molar refractivity (Wildman–Crippen MR) is 160 cm³/mol. The minimum Gasteiger partial charge on any atom is -0.294 e. The topological polar surface area (TPSA) is 43.6 Å². The fraction of sp³-hybridized carbons (Fsp3) is 0.182. The van der Waals surface area contributed by atoms with Crippen molar-refractivity contribution in [3.8, 4) is 28.2 Å². The molecule has 37 heavy (non-hydrogen) atoms. The van der Waals surface area contributed by atoms with Crippen LogP contribution in [-0.2, 0) is 0 Å². The fourth-order valence-corrected chi connectivity index (χ4v) is 4.24. The van der Waals surface area contributed by atoms with Gasteiger partial charge in [0, 0.05) is 41.3 Å². The Morgan fingerprint density at radius 3 is 1.97 bits per heavy atom. The maximum Gasteiger partial charge on any atom is 0.138 e. The number of aryl methyl sites for hydroxylation is 1. The van der Waals surface area contributed by atoms with Crippen molar-refractivity contribution in [3.05, 3.63) is 109 Å². The van der Waals surface area contributed by atoms with Gasteiger partial charge < -0.3 is 0 Å². The summed E-state index contributed by atoms with van der Waals surface area (Å²) >= 11 is 0. The minimum absolute atomic E-state index is 0.853. The van der Waals surface area contributed by atoms with Crippen molar-refractivity contribution < 1.29 is 0 Å². The van der Waals surface area contributed by atoms with Crippen LogP contribution in [0.1, 0.15) is 51.4 Å². The largest absolute Gasteiger partial charge is 0.294 e. The van der Waals surface area contributed by atoms with E-state index >= 15 is 0 Å². The molecule has 4 heteroatoms. The zero-order valence-electron chi connectivity index (χ0n) is 22.7. The number of nitrogens with zero attached hydrogens (tertiary/aromatic N) is 4. The highest BCUT2D eigenvalue weighted by Crippen LogP contribution is 2.34. The Morgan fingerprint density at radius 1 is 0.757 bits per heavy atom. The highest BCUT2D eigenvalue weighted by atomic mass is 15.1. The summed E-state index contributed by atoms with van der Waals surface area (Å²) in [5, 5.41) is 1.17. The second-order valence-electron chi connectivity index (χ2n) is 7.93. The van der Waals surface area contributed by atoms with Gasteiger partial charge in [-0.2, -0.15) is 0 Å². The first-order valence-electron chi connectivity index (χ1n) is 12.9. The molecule has 0 saturated carbocycles. The molecular formula is C33H36N4. The maximum atomic E-state index is 5.11. The molecule has 0 N–H and O–H groups in total. The number of allylic oxidation sites excluding steroid dienone is 1. The predicted octanol–water partition coefficient (Wildman–Crippen LogP) is 9.19. The van der Waals surface area contributed by atoms with E-state index < -0.39 is 0 Å². The Bertz CT molecular complexity index is 1420. The highest BCUT2D eigenvalue weighted by molar-refractivity contribution is 5.95. The molecule has 0 aliphatic rings. The Labute approximate surface area is 221 Å². The minimum atomic E-state index is 0.853. The monoisotopic (exact) mass is 488 g/mol. The Hall–Kier alpha value is -4.31. The molecule has 0 aliphatic heterocycles. The van der Waals surface area contributed by atoms with E-state index in [1.54, 1.807) is 12.4 Å². The SMILES string of the molecule is C=Cc1c(/C=C\C)n(-c2cc(-c3ccncc3)cc(-c3ccncc3)n2)c2ccc(C)cc12.CC.CC. The number of pyridine rings is 3. The Balaban J connectivity index is 0.000000907. The number of fused-ring (bicyclic) bond motifs is 1. The Morgan fingerprint density at radius 2 is 1.38 bits per heavy atom. The molecule has 0 aliphatic carbocycles. The maximum absolute atomic E-state index is 5.11. The van der Waals surface area contributed by atoms with Gasteiger partial charge in [0.15, 0.2) is 0 Å². The molecule has 0 saturated heterocycles. The smallest absolute Gasteiger partial charge is 0.138 e. The third kappa shape index (κ3) is 5.75. The molecule has 4 nitrogen and oxygen atoms in total. The average molecular weight is 489 g/mol. The van der Waals surface area contributed by atoms with Crippen LogP contribution in [0, 0.1) is 6.92 Å². The van der Waals surface area contributed by atoms with Gasteiger partial charge in [-0.05, 0) is 79.6 Å². The van der Waals surface area contributed by atoms with Crippen LogP contribution in [0.4, 0.5) is 0 Å². The lowest BCUT2D eigenvalue weighted by Gasteiger charge is -2.13. The average Bonchev–Trinajstić information content (AvgIpc) is 3.28. The number of aromatic nitrogens is 4. The van der Waals surface area contributed by atoms with Crippen molar-refractivity contribution in [2.45, 2.75) is 41.5 Å². The third-order valence-corrected chi connectivity index (χ3v) is 5.76. The summed E-state index contributed by atoms with van der Waals surface area (Å²) < 4.78 is 2.22. The zero-order chi connectivity index (χ0) is 26.8. The standard InChI is InChI=1S/C29H24N4.2C2H6/c1-4-6-27-24(5-2)25-17-20(3)7-8-28(25)33(27)29-19-23(21-9-13-30-14-10-21)18-26(32-29)22-11-15-31-16-12-22;2*1-2/h4-19H,2H2,1,3H3;2*1-2H3/b6-4-;;. The van der Waals surface area contributed by atoms with Gasteiger partial charge in [-0.3, -0.25) is 14.5 Å². The quantitative estimate of drug-likeness (QED) is 0.248. The summed E-state index contributed by atoms with van der Waals surface area (Å²) in [6.45, 7) is 16.3. The van der Waals surface area contributed by atoms with E-state index in [0.717, 1.165) is 45.0 Å². The summed E-state index contributed by atoms with van der Waals surface area (Å²) in [6, 6.07) is 18.8. The molecule has 1 aromatic carbocycles. The molecule has 188 valence electrons. The van der Waals surface area contributed by atoms with Gasteiger partial charge in [-0.15, -0.1) is 0 Å². The highest BCUT2D eigenvalue weighted by Gasteiger charge is 2.17. The van der Waals surface area contributed by atoms with Crippen LogP contribution in [0.3, 0.4) is 0 Å². The van der Waals surface area contributed by atoms with E-state index in [-0.39, 0.29) is 0 Å². The molecule has 5 aromatic rings. The zero-order valence-corrected chi connectivity index (χ0v) is 22.7. The lowest BCUT2D eigenvalue weighted by molar-refractivity contribution is 1.03. The van der Waals surface area contributed by atoms with Gasteiger partial charge in [0.05, 0.1) is 16.9 Å². The van der Waals surface area contributed by atoms with E-state index in [0.29, 0.717) is 0 Å². The van der Waals surface area contributed by atoms with E-state index in [1.807, 2.05) is 77.4 Å². The second kappa shape index (κ2) is 13.1. The third-order valence-electron chi connectivity index (χ3n) is 5.76. The van der Waals surface area contributed by atoms with Crippen LogP contribution < -0.4 is 0 Å². The van der Waals surface area contributed by atoms with Crippen LogP contribution in [0.5, 0.6) is 0 Å². The van der Waals surface area contributed by atoms with E-state index in [2.05, 4.69) is 70.5 Å². The van der Waals surface area contributed by atoms with E-state index in [1.165, 1.54) is 10.9 Å². The van der Waals surface area contributed by atoms with Crippen molar-refractivity contribution in [1.82, 2.24) is 19.5 Å². The molecule has 0 amide bonds. The summed E-state index contributed by atoms with van der Waals surface area (Å²) in [5.74, 6) is 0.853. The molecular weight excluding hydrogens is 452 g/mol. The Kier molecular flexibility index (Phi) is 9.68. The van der Waals surface area contributed by atoms with Gasteiger partial charge in [0.2, 0.25) is 0 Å². The van der Waals surface area contributed by atoms with Gasteiger partial charge in [-0.25, -0.2) is 4.98 Å².